The molecule has 0 saturated carbocycles. The highest BCUT2D eigenvalue weighted by Crippen LogP contribution is 2.26. The maximum Gasteiger partial charge on any atom is 0.227 e. The Morgan fingerprint density at radius 1 is 1.11 bits per heavy atom. The van der Waals surface area contributed by atoms with Gasteiger partial charge in [-0.3, -0.25) is 9.59 Å². The molecule has 0 bridgehead atoms. The Labute approximate surface area is 171 Å². The standard InChI is InChI=1S/C22H25FN2O2.ClH/c1-15(20(24)16-6-3-2-4-7-16)22(27)25-13-5-8-18(14-25)21(26)17-9-11-19(23)12-10-17;/h2-4,6-7,9-12,15,18,20H,5,8,13-14,24H2,1H3;1H. The van der Waals surface area contributed by atoms with Gasteiger partial charge >= 0.3 is 0 Å². The Balaban J connectivity index is 0.00000280. The lowest BCUT2D eigenvalue weighted by atomic mass is 9.88. The smallest absolute Gasteiger partial charge is 0.227 e. The number of nitrogens with two attached hydrogens (primary N) is 1. The van der Waals surface area contributed by atoms with Crippen LogP contribution in [0.15, 0.2) is 54.6 Å². The molecule has 4 nitrogen and oxygen atoms in total. The first kappa shape index (κ1) is 22.1. The SMILES string of the molecule is CC(C(=O)N1CCCC(C(=O)c2ccc(F)cc2)C1)C(N)c1ccccc1.Cl. The lowest BCUT2D eigenvalue weighted by molar-refractivity contribution is -0.137. The third-order valence-electron chi connectivity index (χ3n) is 5.35. The van der Waals surface area contributed by atoms with Gasteiger partial charge in [0.25, 0.3) is 0 Å². The van der Waals surface area contributed by atoms with Gasteiger partial charge in [0, 0.05) is 30.6 Å². The van der Waals surface area contributed by atoms with Crippen LogP contribution in [-0.2, 0) is 4.79 Å². The molecule has 1 saturated heterocycles. The fourth-order valence-electron chi connectivity index (χ4n) is 3.65. The van der Waals surface area contributed by atoms with E-state index in [1.165, 1.54) is 24.3 Å². The van der Waals surface area contributed by atoms with Crippen molar-refractivity contribution in [1.29, 1.82) is 0 Å². The van der Waals surface area contributed by atoms with Crippen molar-refractivity contribution in [2.45, 2.75) is 25.8 Å². The molecule has 0 aromatic heterocycles. The largest absolute Gasteiger partial charge is 0.342 e. The zero-order valence-corrected chi connectivity index (χ0v) is 16.7. The van der Waals surface area contributed by atoms with Crippen molar-refractivity contribution in [3.8, 4) is 0 Å². The first-order valence-electron chi connectivity index (χ1n) is 9.36. The van der Waals surface area contributed by atoms with Gasteiger partial charge in [-0.1, -0.05) is 37.3 Å². The Hall–Kier alpha value is -2.24. The number of likely N-dealkylation sites (tertiary alicyclic amines) is 1. The lowest BCUT2D eigenvalue weighted by Gasteiger charge is -2.35. The van der Waals surface area contributed by atoms with E-state index in [-0.39, 0.29) is 47.8 Å². The number of piperidine rings is 1. The van der Waals surface area contributed by atoms with Gasteiger partial charge in [-0.25, -0.2) is 4.39 Å². The molecule has 150 valence electrons. The number of rotatable bonds is 5. The van der Waals surface area contributed by atoms with Gasteiger partial charge in [0.1, 0.15) is 5.82 Å². The molecule has 6 heteroatoms. The van der Waals surface area contributed by atoms with E-state index in [1.54, 1.807) is 4.90 Å². The summed E-state index contributed by atoms with van der Waals surface area (Å²) in [7, 11) is 0. The Morgan fingerprint density at radius 2 is 1.75 bits per heavy atom. The number of ketones is 1. The predicted molar refractivity (Wildman–Crippen MR) is 110 cm³/mol. The number of hydrogen-bond donors (Lipinski definition) is 1. The molecule has 0 aliphatic carbocycles. The average Bonchev–Trinajstić information content (AvgIpc) is 2.73. The van der Waals surface area contributed by atoms with Gasteiger partial charge in [0.2, 0.25) is 5.91 Å². The second kappa shape index (κ2) is 9.80. The summed E-state index contributed by atoms with van der Waals surface area (Å²) in [6.07, 6.45) is 1.51. The molecule has 0 spiro atoms. The molecule has 28 heavy (non-hydrogen) atoms. The molecular weight excluding hydrogens is 379 g/mol. The monoisotopic (exact) mass is 404 g/mol. The summed E-state index contributed by atoms with van der Waals surface area (Å²) in [6, 6.07) is 14.8. The third kappa shape index (κ3) is 4.97. The van der Waals surface area contributed by atoms with Gasteiger partial charge in [-0.15, -0.1) is 12.4 Å². The molecular formula is C22H26ClFN2O2. The summed E-state index contributed by atoms with van der Waals surface area (Å²) in [6.45, 7) is 2.87. The summed E-state index contributed by atoms with van der Waals surface area (Å²) in [4.78, 5) is 27.4. The molecule has 1 aliphatic heterocycles. The number of nitrogens with zero attached hydrogens (tertiary/aromatic N) is 1. The second-order valence-electron chi connectivity index (χ2n) is 7.22. The maximum absolute atomic E-state index is 13.1. The number of benzene rings is 2. The van der Waals surface area contributed by atoms with Crippen molar-refractivity contribution in [1.82, 2.24) is 4.90 Å². The third-order valence-corrected chi connectivity index (χ3v) is 5.35. The van der Waals surface area contributed by atoms with E-state index in [9.17, 15) is 14.0 Å². The van der Waals surface area contributed by atoms with Crippen molar-refractivity contribution in [2.75, 3.05) is 13.1 Å². The van der Waals surface area contributed by atoms with E-state index in [1.807, 2.05) is 37.3 Å². The Morgan fingerprint density at radius 3 is 2.39 bits per heavy atom. The van der Waals surface area contributed by atoms with Gasteiger partial charge in [-0.05, 0) is 42.7 Å². The van der Waals surface area contributed by atoms with Crippen molar-refractivity contribution in [2.24, 2.45) is 17.6 Å². The van der Waals surface area contributed by atoms with Crippen molar-refractivity contribution >= 4 is 24.1 Å². The van der Waals surface area contributed by atoms with Crippen LogP contribution in [0.2, 0.25) is 0 Å². The fourth-order valence-corrected chi connectivity index (χ4v) is 3.65. The molecule has 3 unspecified atom stereocenters. The van der Waals surface area contributed by atoms with E-state index in [0.29, 0.717) is 18.7 Å². The highest BCUT2D eigenvalue weighted by Gasteiger charge is 2.33. The number of carbonyl (C=O) groups is 2. The van der Waals surface area contributed by atoms with Crippen LogP contribution in [-0.4, -0.2) is 29.7 Å². The first-order valence-corrected chi connectivity index (χ1v) is 9.36. The van der Waals surface area contributed by atoms with Crippen LogP contribution in [0.25, 0.3) is 0 Å². The van der Waals surface area contributed by atoms with Crippen LogP contribution < -0.4 is 5.73 Å². The molecule has 2 N–H and O–H groups in total. The zero-order chi connectivity index (χ0) is 19.4. The number of Topliss-reactive ketones (excluding diaryl/α,β-unsaturated/α-hetero) is 1. The summed E-state index contributed by atoms with van der Waals surface area (Å²) in [5, 5.41) is 0. The zero-order valence-electron chi connectivity index (χ0n) is 15.9. The lowest BCUT2D eigenvalue weighted by Crippen LogP contribution is -2.46. The van der Waals surface area contributed by atoms with Gasteiger partial charge < -0.3 is 10.6 Å². The second-order valence-corrected chi connectivity index (χ2v) is 7.22. The van der Waals surface area contributed by atoms with Crippen LogP contribution in [0.4, 0.5) is 4.39 Å². The van der Waals surface area contributed by atoms with Gasteiger partial charge in [-0.2, -0.15) is 0 Å². The fraction of sp³-hybridized carbons (Fsp3) is 0.364. The number of halogens is 2. The summed E-state index contributed by atoms with van der Waals surface area (Å²) in [5.74, 6) is -1.05. The van der Waals surface area contributed by atoms with Crippen molar-refractivity contribution in [3.05, 3.63) is 71.5 Å². The molecule has 0 radical (unpaired) electrons. The summed E-state index contributed by atoms with van der Waals surface area (Å²) < 4.78 is 13.1. The number of carbonyl (C=O) groups excluding carboxylic acids is 2. The van der Waals surface area contributed by atoms with Crippen LogP contribution in [0.3, 0.4) is 0 Å². The van der Waals surface area contributed by atoms with E-state index in [4.69, 9.17) is 5.73 Å². The number of amides is 1. The highest BCUT2D eigenvalue weighted by molar-refractivity contribution is 5.98. The maximum atomic E-state index is 13.1. The minimum atomic E-state index is -0.383. The van der Waals surface area contributed by atoms with E-state index in [2.05, 4.69) is 0 Å². The molecule has 1 heterocycles. The predicted octanol–water partition coefficient (Wildman–Crippen LogP) is 4.00. The Kier molecular flexibility index (Phi) is 7.72. The molecule has 1 fully saturated rings. The molecule has 1 amide bonds. The summed E-state index contributed by atoms with van der Waals surface area (Å²) >= 11 is 0. The minimum Gasteiger partial charge on any atom is -0.342 e. The van der Waals surface area contributed by atoms with Crippen molar-refractivity contribution in [3.63, 3.8) is 0 Å². The summed E-state index contributed by atoms with van der Waals surface area (Å²) in [5.41, 5.74) is 7.71. The first-order chi connectivity index (χ1) is 13.0. The molecule has 3 rings (SSSR count). The van der Waals surface area contributed by atoms with Gasteiger partial charge in [0.05, 0.1) is 5.92 Å². The average molecular weight is 405 g/mol. The molecule has 2 aromatic carbocycles. The Bertz CT molecular complexity index is 798. The molecule has 1 aliphatic rings. The van der Waals surface area contributed by atoms with E-state index >= 15 is 0 Å². The van der Waals surface area contributed by atoms with Crippen molar-refractivity contribution < 1.29 is 14.0 Å². The van der Waals surface area contributed by atoms with Crippen LogP contribution in [0.1, 0.15) is 41.7 Å². The quantitative estimate of drug-likeness (QED) is 0.766. The van der Waals surface area contributed by atoms with Crippen LogP contribution in [0, 0.1) is 17.7 Å². The highest BCUT2D eigenvalue weighted by atomic mass is 35.5. The minimum absolute atomic E-state index is 0. The topological polar surface area (TPSA) is 63.4 Å². The van der Waals surface area contributed by atoms with E-state index < -0.39 is 0 Å². The van der Waals surface area contributed by atoms with Crippen LogP contribution >= 0.6 is 12.4 Å². The normalized spacial score (nSPS) is 18.7. The number of hydrogen-bond acceptors (Lipinski definition) is 3. The molecule has 3 atom stereocenters. The van der Waals surface area contributed by atoms with Gasteiger partial charge in [0.15, 0.2) is 5.78 Å². The van der Waals surface area contributed by atoms with Crippen LogP contribution in [0.5, 0.6) is 0 Å². The van der Waals surface area contributed by atoms with E-state index in [0.717, 1.165) is 18.4 Å². The molecule has 2 aromatic rings.